The lowest BCUT2D eigenvalue weighted by Gasteiger charge is -2.18. The summed E-state index contributed by atoms with van der Waals surface area (Å²) in [5.74, 6) is 4.34. The van der Waals surface area contributed by atoms with Gasteiger partial charge in [0.05, 0.1) is 10.9 Å². The van der Waals surface area contributed by atoms with E-state index in [0.29, 0.717) is 11.2 Å². The van der Waals surface area contributed by atoms with Crippen molar-refractivity contribution in [2.24, 2.45) is 0 Å². The fourth-order valence-corrected chi connectivity index (χ4v) is 6.14. The summed E-state index contributed by atoms with van der Waals surface area (Å²) < 4.78 is 0. The van der Waals surface area contributed by atoms with Crippen LogP contribution in [0.4, 0.5) is 0 Å². The lowest BCUT2D eigenvalue weighted by molar-refractivity contribution is 0.713. The quantitative estimate of drug-likeness (QED) is 0.892. The zero-order valence-corrected chi connectivity index (χ0v) is 13.8. The van der Waals surface area contributed by atoms with E-state index in [1.165, 1.54) is 32.8 Å². The van der Waals surface area contributed by atoms with E-state index in [2.05, 4.69) is 49.6 Å². The Labute approximate surface area is 123 Å². The highest BCUT2D eigenvalue weighted by Gasteiger charge is 2.22. The van der Waals surface area contributed by atoms with Gasteiger partial charge in [0.25, 0.3) is 0 Å². The summed E-state index contributed by atoms with van der Waals surface area (Å²) in [6.07, 6.45) is 0. The summed E-state index contributed by atoms with van der Waals surface area (Å²) in [5.41, 5.74) is 1.31. The maximum Gasteiger partial charge on any atom is 0.107 e. The average Bonchev–Trinajstić information content (AvgIpc) is 2.81. The third-order valence-corrected chi connectivity index (χ3v) is 7.02. The highest BCUT2D eigenvalue weighted by atomic mass is 32.2. The third kappa shape index (κ3) is 3.65. The average molecular weight is 303 g/mol. The van der Waals surface area contributed by atoms with Crippen molar-refractivity contribution in [3.8, 4) is 0 Å². The van der Waals surface area contributed by atoms with E-state index in [4.69, 9.17) is 4.98 Å². The van der Waals surface area contributed by atoms with Gasteiger partial charge in [-0.3, -0.25) is 0 Å². The van der Waals surface area contributed by atoms with Crippen LogP contribution >= 0.6 is 34.9 Å². The Bertz CT molecular complexity index is 370. The van der Waals surface area contributed by atoms with Crippen molar-refractivity contribution in [3.63, 3.8) is 0 Å². The molecule has 0 radical (unpaired) electrons. The molecule has 1 atom stereocenters. The third-order valence-electron chi connectivity index (χ3n) is 2.92. The first-order chi connectivity index (χ1) is 8.72. The molecule has 0 spiro atoms. The van der Waals surface area contributed by atoms with Crippen LogP contribution in [0.2, 0.25) is 0 Å². The molecule has 0 bridgehead atoms. The SMILES string of the molecule is CCNCc1sc(C2CSCCS2)nc1C(C)C. The van der Waals surface area contributed by atoms with Crippen molar-refractivity contribution in [1.29, 1.82) is 0 Å². The molecule has 18 heavy (non-hydrogen) atoms. The molecule has 1 aliphatic rings. The molecule has 5 heteroatoms. The zero-order valence-electron chi connectivity index (χ0n) is 11.4. The van der Waals surface area contributed by atoms with E-state index in [0.717, 1.165) is 13.1 Å². The van der Waals surface area contributed by atoms with Gasteiger partial charge in [0.2, 0.25) is 0 Å². The van der Waals surface area contributed by atoms with Crippen molar-refractivity contribution in [1.82, 2.24) is 10.3 Å². The number of thiazole rings is 1. The van der Waals surface area contributed by atoms with Gasteiger partial charge in [0.15, 0.2) is 0 Å². The van der Waals surface area contributed by atoms with Crippen LogP contribution in [-0.2, 0) is 6.54 Å². The van der Waals surface area contributed by atoms with Crippen LogP contribution in [0.15, 0.2) is 0 Å². The molecule has 2 rings (SSSR count). The summed E-state index contributed by atoms with van der Waals surface area (Å²) in [6.45, 7) is 8.66. The Balaban J connectivity index is 2.15. The maximum absolute atomic E-state index is 4.93. The Morgan fingerprint density at radius 2 is 2.22 bits per heavy atom. The lowest BCUT2D eigenvalue weighted by Crippen LogP contribution is -2.12. The molecule has 1 aromatic heterocycles. The first-order valence-electron chi connectivity index (χ1n) is 6.62. The minimum atomic E-state index is 0.532. The molecule has 1 fully saturated rings. The molecule has 2 heterocycles. The minimum absolute atomic E-state index is 0.532. The van der Waals surface area contributed by atoms with Crippen molar-refractivity contribution in [2.75, 3.05) is 23.8 Å². The Hall–Kier alpha value is 0.290. The molecule has 1 aliphatic heterocycles. The van der Waals surface area contributed by atoms with Crippen molar-refractivity contribution < 1.29 is 0 Å². The molecular weight excluding hydrogens is 280 g/mol. The number of aromatic nitrogens is 1. The van der Waals surface area contributed by atoms with Gasteiger partial charge in [0.1, 0.15) is 5.01 Å². The molecule has 2 nitrogen and oxygen atoms in total. The smallest absolute Gasteiger partial charge is 0.107 e. The van der Waals surface area contributed by atoms with Gasteiger partial charge >= 0.3 is 0 Å². The lowest BCUT2D eigenvalue weighted by atomic mass is 10.1. The van der Waals surface area contributed by atoms with Crippen LogP contribution in [0.25, 0.3) is 0 Å². The summed E-state index contributed by atoms with van der Waals surface area (Å²) in [7, 11) is 0. The second-order valence-corrected chi connectivity index (χ2v) is 8.31. The fraction of sp³-hybridized carbons (Fsp3) is 0.769. The largest absolute Gasteiger partial charge is 0.312 e. The number of hydrogen-bond acceptors (Lipinski definition) is 5. The highest BCUT2D eigenvalue weighted by Crippen LogP contribution is 2.40. The Kier molecular flexibility index (Phi) is 5.86. The molecule has 0 aromatic carbocycles. The topological polar surface area (TPSA) is 24.9 Å². The molecule has 0 amide bonds. The second-order valence-electron chi connectivity index (χ2n) is 4.73. The van der Waals surface area contributed by atoms with Crippen LogP contribution in [0.5, 0.6) is 0 Å². The van der Waals surface area contributed by atoms with E-state index >= 15 is 0 Å². The van der Waals surface area contributed by atoms with Crippen LogP contribution in [0, 0.1) is 0 Å². The first kappa shape index (κ1) is 14.7. The van der Waals surface area contributed by atoms with Gasteiger partial charge in [-0.2, -0.15) is 11.8 Å². The standard InChI is InChI=1S/C13H22N2S3/c1-4-14-7-10-12(9(2)3)15-13(18-10)11-8-16-5-6-17-11/h9,11,14H,4-8H2,1-3H3. The minimum Gasteiger partial charge on any atom is -0.312 e. The fourth-order valence-electron chi connectivity index (χ4n) is 1.97. The van der Waals surface area contributed by atoms with Crippen molar-refractivity contribution >= 4 is 34.9 Å². The predicted molar refractivity (Wildman–Crippen MR) is 86.1 cm³/mol. The molecule has 1 N–H and O–H groups in total. The molecule has 1 aromatic rings. The zero-order chi connectivity index (χ0) is 13.0. The Morgan fingerprint density at radius 3 is 2.83 bits per heavy atom. The number of nitrogens with one attached hydrogen (secondary N) is 1. The number of thioether (sulfide) groups is 2. The van der Waals surface area contributed by atoms with Gasteiger partial charge in [-0.25, -0.2) is 4.98 Å². The van der Waals surface area contributed by atoms with E-state index in [9.17, 15) is 0 Å². The Morgan fingerprint density at radius 1 is 1.39 bits per heavy atom. The van der Waals surface area contributed by atoms with E-state index in [1.807, 2.05) is 11.3 Å². The van der Waals surface area contributed by atoms with Gasteiger partial charge in [-0.1, -0.05) is 20.8 Å². The van der Waals surface area contributed by atoms with Gasteiger partial charge in [-0.15, -0.1) is 23.1 Å². The maximum atomic E-state index is 4.93. The van der Waals surface area contributed by atoms with Crippen LogP contribution in [0.1, 0.15) is 47.5 Å². The molecular formula is C13H22N2S3. The normalized spacial score (nSPS) is 20.6. The van der Waals surface area contributed by atoms with E-state index in [-0.39, 0.29) is 0 Å². The summed E-state index contributed by atoms with van der Waals surface area (Å²) in [6, 6.07) is 0. The summed E-state index contributed by atoms with van der Waals surface area (Å²) >= 11 is 6.08. The predicted octanol–water partition coefficient (Wildman–Crippen LogP) is 3.90. The van der Waals surface area contributed by atoms with Crippen LogP contribution in [-0.4, -0.2) is 28.8 Å². The molecule has 1 unspecified atom stereocenters. The van der Waals surface area contributed by atoms with Crippen molar-refractivity contribution in [2.45, 2.75) is 38.5 Å². The summed E-state index contributed by atoms with van der Waals surface area (Å²) in [5, 5.41) is 5.41. The molecule has 1 saturated heterocycles. The van der Waals surface area contributed by atoms with Crippen LogP contribution < -0.4 is 5.32 Å². The van der Waals surface area contributed by atoms with Gasteiger partial charge in [-0.05, 0) is 12.5 Å². The highest BCUT2D eigenvalue weighted by molar-refractivity contribution is 8.06. The van der Waals surface area contributed by atoms with E-state index < -0.39 is 0 Å². The number of hydrogen-bond donors (Lipinski definition) is 1. The first-order valence-corrected chi connectivity index (χ1v) is 9.64. The van der Waals surface area contributed by atoms with E-state index in [1.54, 1.807) is 0 Å². The summed E-state index contributed by atoms with van der Waals surface area (Å²) in [4.78, 5) is 6.37. The second kappa shape index (κ2) is 7.17. The molecule has 0 aliphatic carbocycles. The molecule has 102 valence electrons. The van der Waals surface area contributed by atoms with Gasteiger partial charge < -0.3 is 5.32 Å². The number of rotatable bonds is 5. The molecule has 0 saturated carbocycles. The van der Waals surface area contributed by atoms with Gasteiger partial charge in [0, 0.05) is 28.7 Å². The monoisotopic (exact) mass is 302 g/mol. The van der Waals surface area contributed by atoms with Crippen LogP contribution in [0.3, 0.4) is 0 Å². The van der Waals surface area contributed by atoms with Crippen molar-refractivity contribution in [3.05, 3.63) is 15.6 Å². The number of nitrogens with zero attached hydrogens (tertiary/aromatic N) is 1.